The molecule has 1 aromatic heterocycles. The van der Waals surface area contributed by atoms with E-state index in [1.807, 2.05) is 0 Å². The summed E-state index contributed by atoms with van der Waals surface area (Å²) >= 11 is 7.50. The second-order valence-corrected chi connectivity index (χ2v) is 6.34. The minimum absolute atomic E-state index is 0.0567. The zero-order chi connectivity index (χ0) is 11.2. The molecule has 2 atom stereocenters. The number of nitrogens with two attached hydrogens (primary N) is 1. The Morgan fingerprint density at radius 1 is 1.67 bits per heavy atom. The molecule has 4 heteroatoms. The van der Waals surface area contributed by atoms with Crippen LogP contribution in [0.25, 0.3) is 0 Å². The minimum Gasteiger partial charge on any atom is -0.322 e. The predicted octanol–water partition coefficient (Wildman–Crippen LogP) is 3.40. The van der Waals surface area contributed by atoms with Crippen LogP contribution in [0.5, 0.6) is 0 Å². The number of halogens is 1. The molecule has 1 aromatic rings. The molecule has 0 saturated heterocycles. The van der Waals surface area contributed by atoms with Crippen LogP contribution in [0.3, 0.4) is 0 Å². The summed E-state index contributed by atoms with van der Waals surface area (Å²) in [7, 11) is 0. The highest BCUT2D eigenvalue weighted by molar-refractivity contribution is 7.15. The van der Waals surface area contributed by atoms with Crippen molar-refractivity contribution in [1.82, 2.24) is 4.98 Å². The van der Waals surface area contributed by atoms with E-state index in [1.165, 1.54) is 4.88 Å². The van der Waals surface area contributed by atoms with E-state index in [-0.39, 0.29) is 11.5 Å². The highest BCUT2D eigenvalue weighted by Crippen LogP contribution is 2.52. The standard InChI is InChI=1S/C11H17ClN2S/c1-4-11(6(2)3)5-7-8(9(11)13)14-10(12)15-7/h6,9H,4-5,13H2,1-3H3/t9-,11?/m1/s1. The Morgan fingerprint density at radius 3 is 2.80 bits per heavy atom. The van der Waals surface area contributed by atoms with Gasteiger partial charge in [-0.05, 0) is 24.2 Å². The highest BCUT2D eigenvalue weighted by atomic mass is 35.5. The van der Waals surface area contributed by atoms with E-state index in [2.05, 4.69) is 25.8 Å². The third kappa shape index (κ3) is 1.52. The van der Waals surface area contributed by atoms with Crippen LogP contribution >= 0.6 is 22.9 Å². The SMILES string of the molecule is CCC1(C(C)C)Cc2sc(Cl)nc2[C@H]1N. The molecule has 0 aromatic carbocycles. The molecule has 2 nitrogen and oxygen atoms in total. The molecule has 2 rings (SSSR count). The second kappa shape index (κ2) is 3.72. The molecule has 1 aliphatic rings. The lowest BCUT2D eigenvalue weighted by atomic mass is 9.70. The van der Waals surface area contributed by atoms with Gasteiger partial charge in [0.2, 0.25) is 0 Å². The average molecular weight is 245 g/mol. The lowest BCUT2D eigenvalue weighted by molar-refractivity contribution is 0.150. The van der Waals surface area contributed by atoms with Crippen molar-refractivity contribution in [3.05, 3.63) is 15.0 Å². The molecular weight excluding hydrogens is 228 g/mol. The van der Waals surface area contributed by atoms with Crippen LogP contribution in [0.15, 0.2) is 0 Å². The number of hydrogen-bond acceptors (Lipinski definition) is 3. The molecule has 0 spiro atoms. The van der Waals surface area contributed by atoms with E-state index < -0.39 is 0 Å². The van der Waals surface area contributed by atoms with Crippen molar-refractivity contribution in [2.45, 2.75) is 39.7 Å². The van der Waals surface area contributed by atoms with E-state index in [4.69, 9.17) is 17.3 Å². The van der Waals surface area contributed by atoms with Crippen molar-refractivity contribution in [3.8, 4) is 0 Å². The van der Waals surface area contributed by atoms with Gasteiger partial charge in [-0.25, -0.2) is 4.98 Å². The first kappa shape index (κ1) is 11.4. The van der Waals surface area contributed by atoms with Crippen LogP contribution in [0.2, 0.25) is 4.47 Å². The summed E-state index contributed by atoms with van der Waals surface area (Å²) < 4.78 is 0.629. The van der Waals surface area contributed by atoms with Crippen molar-refractivity contribution in [3.63, 3.8) is 0 Å². The van der Waals surface area contributed by atoms with E-state index in [1.54, 1.807) is 11.3 Å². The molecule has 1 unspecified atom stereocenters. The summed E-state index contributed by atoms with van der Waals surface area (Å²) in [6, 6.07) is 0.0567. The monoisotopic (exact) mass is 244 g/mol. The van der Waals surface area contributed by atoms with Crippen molar-refractivity contribution in [1.29, 1.82) is 0 Å². The van der Waals surface area contributed by atoms with Gasteiger partial charge >= 0.3 is 0 Å². The first-order chi connectivity index (χ1) is 7.01. The van der Waals surface area contributed by atoms with Crippen LogP contribution in [0, 0.1) is 11.3 Å². The van der Waals surface area contributed by atoms with E-state index in [0.717, 1.165) is 18.5 Å². The van der Waals surface area contributed by atoms with Gasteiger partial charge in [0.05, 0.1) is 11.7 Å². The molecule has 0 saturated carbocycles. The second-order valence-electron chi connectivity index (χ2n) is 4.67. The summed E-state index contributed by atoms with van der Waals surface area (Å²) in [5.41, 5.74) is 7.57. The Kier molecular flexibility index (Phi) is 2.82. The van der Waals surface area contributed by atoms with E-state index in [0.29, 0.717) is 10.4 Å². The first-order valence-electron chi connectivity index (χ1n) is 5.42. The van der Waals surface area contributed by atoms with Gasteiger partial charge in [-0.15, -0.1) is 11.3 Å². The normalized spacial score (nSPS) is 29.9. The van der Waals surface area contributed by atoms with Gasteiger partial charge in [0.15, 0.2) is 4.47 Å². The zero-order valence-corrected chi connectivity index (χ0v) is 11.0. The minimum atomic E-state index is 0.0567. The highest BCUT2D eigenvalue weighted by Gasteiger charge is 2.47. The number of fused-ring (bicyclic) bond motifs is 1. The van der Waals surface area contributed by atoms with E-state index >= 15 is 0 Å². The summed E-state index contributed by atoms with van der Waals surface area (Å²) in [6.07, 6.45) is 2.15. The van der Waals surface area contributed by atoms with Crippen LogP contribution < -0.4 is 5.73 Å². The molecule has 0 bridgehead atoms. The fourth-order valence-corrected chi connectivity index (χ4v) is 4.04. The van der Waals surface area contributed by atoms with Crippen molar-refractivity contribution in [2.24, 2.45) is 17.1 Å². The Bertz CT molecular complexity index is 375. The molecule has 15 heavy (non-hydrogen) atoms. The average Bonchev–Trinajstić information content (AvgIpc) is 2.64. The number of thiazole rings is 1. The fourth-order valence-electron chi connectivity index (χ4n) is 2.70. The van der Waals surface area contributed by atoms with Gasteiger partial charge in [0.1, 0.15) is 0 Å². The van der Waals surface area contributed by atoms with Crippen LogP contribution in [0.1, 0.15) is 43.8 Å². The van der Waals surface area contributed by atoms with Crippen LogP contribution in [-0.4, -0.2) is 4.98 Å². The Hall–Kier alpha value is -0.120. The summed E-state index contributed by atoms with van der Waals surface area (Å²) in [4.78, 5) is 5.65. The summed E-state index contributed by atoms with van der Waals surface area (Å²) in [6.45, 7) is 6.72. The quantitative estimate of drug-likeness (QED) is 0.866. The fraction of sp³-hybridized carbons (Fsp3) is 0.727. The summed E-state index contributed by atoms with van der Waals surface area (Å²) in [5, 5.41) is 0. The smallest absolute Gasteiger partial charge is 0.184 e. The topological polar surface area (TPSA) is 38.9 Å². The Labute approximate surface area is 99.8 Å². The number of aromatic nitrogens is 1. The zero-order valence-electron chi connectivity index (χ0n) is 9.38. The van der Waals surface area contributed by atoms with Crippen molar-refractivity contribution in [2.75, 3.05) is 0 Å². The predicted molar refractivity (Wildman–Crippen MR) is 65.3 cm³/mol. The maximum atomic E-state index is 6.34. The summed E-state index contributed by atoms with van der Waals surface area (Å²) in [5.74, 6) is 0.581. The number of nitrogens with zero attached hydrogens (tertiary/aromatic N) is 1. The largest absolute Gasteiger partial charge is 0.322 e. The molecule has 0 aliphatic heterocycles. The lowest BCUT2D eigenvalue weighted by Crippen LogP contribution is -2.36. The third-order valence-corrected chi connectivity index (χ3v) is 5.09. The van der Waals surface area contributed by atoms with Gasteiger partial charge in [0.25, 0.3) is 0 Å². The lowest BCUT2D eigenvalue weighted by Gasteiger charge is -2.36. The van der Waals surface area contributed by atoms with Crippen LogP contribution in [0.4, 0.5) is 0 Å². The van der Waals surface area contributed by atoms with Crippen molar-refractivity contribution < 1.29 is 0 Å². The van der Waals surface area contributed by atoms with Gasteiger partial charge in [-0.2, -0.15) is 0 Å². The Balaban J connectivity index is 2.41. The van der Waals surface area contributed by atoms with Crippen molar-refractivity contribution >= 4 is 22.9 Å². The maximum absolute atomic E-state index is 6.34. The molecule has 0 radical (unpaired) electrons. The third-order valence-electron chi connectivity index (χ3n) is 3.91. The van der Waals surface area contributed by atoms with Gasteiger partial charge < -0.3 is 5.73 Å². The molecule has 2 N–H and O–H groups in total. The number of hydrogen-bond donors (Lipinski definition) is 1. The van der Waals surface area contributed by atoms with Gasteiger partial charge in [0, 0.05) is 4.88 Å². The molecule has 0 amide bonds. The first-order valence-corrected chi connectivity index (χ1v) is 6.61. The number of rotatable bonds is 2. The molecular formula is C11H17ClN2S. The molecule has 84 valence electrons. The molecule has 1 heterocycles. The van der Waals surface area contributed by atoms with Crippen LogP contribution in [-0.2, 0) is 6.42 Å². The molecule has 0 fully saturated rings. The Morgan fingerprint density at radius 2 is 2.33 bits per heavy atom. The molecule has 1 aliphatic carbocycles. The van der Waals surface area contributed by atoms with Gasteiger partial charge in [-0.3, -0.25) is 0 Å². The van der Waals surface area contributed by atoms with E-state index in [9.17, 15) is 0 Å². The van der Waals surface area contributed by atoms with Gasteiger partial charge in [-0.1, -0.05) is 32.4 Å². The maximum Gasteiger partial charge on any atom is 0.184 e.